The van der Waals surface area contributed by atoms with Crippen molar-refractivity contribution in [3.05, 3.63) is 205 Å². The second-order valence-corrected chi connectivity index (χ2v) is 14.9. The molecule has 0 fully saturated rings. The van der Waals surface area contributed by atoms with Gasteiger partial charge in [0, 0.05) is 44.3 Å². The van der Waals surface area contributed by atoms with Gasteiger partial charge in [-0.2, -0.15) is 0 Å². The molecular formula is C51H40N2. The van der Waals surface area contributed by atoms with E-state index in [-0.39, 0.29) is 11.5 Å². The molecule has 2 aliphatic rings. The van der Waals surface area contributed by atoms with Crippen LogP contribution in [0.4, 0.5) is 11.4 Å². The van der Waals surface area contributed by atoms with E-state index in [2.05, 4.69) is 211 Å². The van der Waals surface area contributed by atoms with Gasteiger partial charge in [0.15, 0.2) is 0 Å². The molecule has 1 aromatic heterocycles. The van der Waals surface area contributed by atoms with Gasteiger partial charge in [-0.1, -0.05) is 153 Å². The van der Waals surface area contributed by atoms with Crippen LogP contribution < -0.4 is 4.90 Å². The van der Waals surface area contributed by atoms with Gasteiger partial charge in [-0.3, -0.25) is 0 Å². The SMILES string of the molecule is CC1(C)c2ccc(-c3ccccc3)cc2-c2cc(N(C3=CCC(n4c5ccccc5c5ccccc54)C=C3)c3ccc(-c4ccccc4)cc3)ccc21. The lowest BCUT2D eigenvalue weighted by molar-refractivity contribution is 0.643. The van der Waals surface area contributed by atoms with Crippen molar-refractivity contribution >= 4 is 33.2 Å². The van der Waals surface area contributed by atoms with Crippen molar-refractivity contribution < 1.29 is 0 Å². The maximum atomic E-state index is 2.52. The molecule has 0 spiro atoms. The number of anilines is 2. The first-order valence-corrected chi connectivity index (χ1v) is 18.7. The Labute approximate surface area is 311 Å². The van der Waals surface area contributed by atoms with Crippen molar-refractivity contribution in [3.8, 4) is 33.4 Å². The lowest BCUT2D eigenvalue weighted by atomic mass is 9.82. The Hall–Kier alpha value is -6.38. The van der Waals surface area contributed by atoms with Crippen LogP contribution in [0.25, 0.3) is 55.2 Å². The molecule has 7 aromatic carbocycles. The molecule has 0 saturated heterocycles. The number of para-hydroxylation sites is 2. The largest absolute Gasteiger partial charge is 0.333 e. The lowest BCUT2D eigenvalue weighted by Crippen LogP contribution is -2.19. The normalized spacial score (nSPS) is 15.7. The van der Waals surface area contributed by atoms with E-state index in [9.17, 15) is 0 Å². The number of hydrogen-bond donors (Lipinski definition) is 0. The average molecular weight is 681 g/mol. The third-order valence-electron chi connectivity index (χ3n) is 11.5. The third kappa shape index (κ3) is 5.17. The molecule has 8 aromatic rings. The minimum atomic E-state index is -0.0832. The van der Waals surface area contributed by atoms with Crippen LogP contribution in [0, 0.1) is 0 Å². The zero-order valence-corrected chi connectivity index (χ0v) is 30.1. The summed E-state index contributed by atoms with van der Waals surface area (Å²) in [6, 6.07) is 62.4. The lowest BCUT2D eigenvalue weighted by Gasteiger charge is -2.30. The fourth-order valence-electron chi connectivity index (χ4n) is 8.85. The first kappa shape index (κ1) is 31.4. The van der Waals surface area contributed by atoms with Crippen LogP contribution in [0.15, 0.2) is 194 Å². The van der Waals surface area contributed by atoms with Crippen LogP contribution in [0.1, 0.15) is 37.4 Å². The maximum Gasteiger partial charge on any atom is 0.0561 e. The van der Waals surface area contributed by atoms with Crippen molar-refractivity contribution in [3.63, 3.8) is 0 Å². The molecule has 254 valence electrons. The van der Waals surface area contributed by atoms with Crippen molar-refractivity contribution in [2.75, 3.05) is 4.90 Å². The zero-order valence-electron chi connectivity index (χ0n) is 30.1. The molecule has 0 aliphatic heterocycles. The predicted octanol–water partition coefficient (Wildman–Crippen LogP) is 13.7. The van der Waals surface area contributed by atoms with Crippen LogP contribution in [-0.4, -0.2) is 4.57 Å². The van der Waals surface area contributed by atoms with E-state index in [4.69, 9.17) is 0 Å². The standard InChI is InChI=1S/C51H40N2/c1-51(2)47-31-23-38(36-15-7-4-8-16-36)33-45(47)46-34-42(30-32-48(46)51)52(39-24-21-37(22-25-39)35-13-5-3-6-14-35)40-26-28-41(29-27-40)53-49-19-11-9-17-43(49)44-18-10-12-20-50(44)53/h3-28,30-34,41H,29H2,1-2H3. The second-order valence-electron chi connectivity index (χ2n) is 14.9. The van der Waals surface area contributed by atoms with E-state index >= 15 is 0 Å². The van der Waals surface area contributed by atoms with Crippen molar-refractivity contribution in [1.82, 2.24) is 4.57 Å². The summed E-state index contributed by atoms with van der Waals surface area (Å²) in [5.41, 5.74) is 16.3. The summed E-state index contributed by atoms with van der Waals surface area (Å²) in [5, 5.41) is 2.62. The quantitative estimate of drug-likeness (QED) is 0.170. The van der Waals surface area contributed by atoms with Crippen molar-refractivity contribution in [2.45, 2.75) is 31.7 Å². The minimum absolute atomic E-state index is 0.0832. The molecule has 0 bridgehead atoms. The van der Waals surface area contributed by atoms with Crippen LogP contribution in [0.2, 0.25) is 0 Å². The molecule has 2 aliphatic carbocycles. The molecule has 1 atom stereocenters. The molecule has 53 heavy (non-hydrogen) atoms. The maximum absolute atomic E-state index is 2.52. The molecular weight excluding hydrogens is 641 g/mol. The number of benzene rings is 7. The highest BCUT2D eigenvalue weighted by Gasteiger charge is 2.36. The van der Waals surface area contributed by atoms with E-state index in [0.29, 0.717) is 0 Å². The molecule has 1 unspecified atom stereocenters. The third-order valence-corrected chi connectivity index (χ3v) is 11.5. The number of nitrogens with zero attached hydrogens (tertiary/aromatic N) is 2. The van der Waals surface area contributed by atoms with Gasteiger partial charge in [-0.25, -0.2) is 0 Å². The van der Waals surface area contributed by atoms with Crippen molar-refractivity contribution in [2.24, 2.45) is 0 Å². The summed E-state index contributed by atoms with van der Waals surface area (Å²) in [5.74, 6) is 0. The van der Waals surface area contributed by atoms with Crippen LogP contribution in [0.5, 0.6) is 0 Å². The van der Waals surface area contributed by atoms with Crippen LogP contribution in [-0.2, 0) is 5.41 Å². The molecule has 0 N–H and O–H groups in total. The van der Waals surface area contributed by atoms with E-state index < -0.39 is 0 Å². The highest BCUT2D eigenvalue weighted by Crippen LogP contribution is 2.51. The fraction of sp³-hybridized carbons (Fsp3) is 0.0980. The smallest absolute Gasteiger partial charge is 0.0561 e. The van der Waals surface area contributed by atoms with Gasteiger partial charge in [-0.05, 0) is 99.5 Å². The first-order valence-electron chi connectivity index (χ1n) is 18.7. The van der Waals surface area contributed by atoms with Gasteiger partial charge < -0.3 is 9.47 Å². The topological polar surface area (TPSA) is 8.17 Å². The van der Waals surface area contributed by atoms with E-state index in [0.717, 1.165) is 17.8 Å². The Balaban J connectivity index is 1.08. The number of aromatic nitrogens is 1. The average Bonchev–Trinajstić information content (AvgIpc) is 3.67. The van der Waals surface area contributed by atoms with Crippen LogP contribution >= 0.6 is 0 Å². The summed E-state index contributed by atoms with van der Waals surface area (Å²) >= 11 is 0. The fourth-order valence-corrected chi connectivity index (χ4v) is 8.85. The Kier molecular flexibility index (Phi) is 7.33. The molecule has 2 heteroatoms. The predicted molar refractivity (Wildman–Crippen MR) is 224 cm³/mol. The number of hydrogen-bond acceptors (Lipinski definition) is 1. The van der Waals surface area contributed by atoms with E-state index in [1.165, 1.54) is 72.0 Å². The minimum Gasteiger partial charge on any atom is -0.333 e. The molecule has 10 rings (SSSR count). The number of rotatable bonds is 6. The summed E-state index contributed by atoms with van der Waals surface area (Å²) in [6.07, 6.45) is 8.06. The molecule has 0 amide bonds. The van der Waals surface area contributed by atoms with Gasteiger partial charge in [0.05, 0.1) is 6.04 Å². The molecule has 0 saturated carbocycles. The van der Waals surface area contributed by atoms with Gasteiger partial charge in [0.1, 0.15) is 0 Å². The highest BCUT2D eigenvalue weighted by atomic mass is 15.1. The Bertz CT molecular complexity index is 2660. The summed E-state index contributed by atoms with van der Waals surface area (Å²) in [7, 11) is 0. The second kappa shape index (κ2) is 12.4. The van der Waals surface area contributed by atoms with E-state index in [1.54, 1.807) is 0 Å². The Morgan fingerprint density at radius 2 is 1.02 bits per heavy atom. The molecule has 2 nitrogen and oxygen atoms in total. The summed E-state index contributed by atoms with van der Waals surface area (Å²) in [6.45, 7) is 4.72. The van der Waals surface area contributed by atoms with Crippen molar-refractivity contribution in [1.29, 1.82) is 0 Å². The highest BCUT2D eigenvalue weighted by molar-refractivity contribution is 6.08. The Morgan fingerprint density at radius 1 is 0.509 bits per heavy atom. The summed E-state index contributed by atoms with van der Waals surface area (Å²) in [4.78, 5) is 2.44. The van der Waals surface area contributed by atoms with Gasteiger partial charge in [0.25, 0.3) is 0 Å². The molecule has 0 radical (unpaired) electrons. The van der Waals surface area contributed by atoms with Crippen LogP contribution in [0.3, 0.4) is 0 Å². The first-order chi connectivity index (χ1) is 26.0. The van der Waals surface area contributed by atoms with Gasteiger partial charge in [0.2, 0.25) is 0 Å². The Morgan fingerprint density at radius 3 is 1.64 bits per heavy atom. The summed E-state index contributed by atoms with van der Waals surface area (Å²) < 4.78 is 2.52. The number of fused-ring (bicyclic) bond motifs is 6. The monoisotopic (exact) mass is 680 g/mol. The molecule has 1 heterocycles. The number of allylic oxidation sites excluding steroid dienone is 3. The van der Waals surface area contributed by atoms with E-state index in [1.807, 2.05) is 0 Å². The zero-order chi connectivity index (χ0) is 35.5. The van der Waals surface area contributed by atoms with Gasteiger partial charge in [-0.15, -0.1) is 0 Å². The van der Waals surface area contributed by atoms with Gasteiger partial charge >= 0.3 is 0 Å².